The molecule has 0 radical (unpaired) electrons. The molecular weight excluding hydrogens is 330 g/mol. The highest BCUT2D eigenvalue weighted by Crippen LogP contribution is 2.32. The highest BCUT2D eigenvalue weighted by molar-refractivity contribution is 5.87. The monoisotopic (exact) mass is 361 g/mol. The van der Waals surface area contributed by atoms with Crippen LogP contribution in [-0.2, 0) is 9.53 Å². The second-order valence-corrected chi connectivity index (χ2v) is 7.93. The summed E-state index contributed by atoms with van der Waals surface area (Å²) in [6, 6.07) is 3.87. The molecule has 144 valence electrons. The van der Waals surface area contributed by atoms with Crippen LogP contribution >= 0.6 is 0 Å². The second kappa shape index (κ2) is 8.06. The fourth-order valence-corrected chi connectivity index (χ4v) is 3.22. The van der Waals surface area contributed by atoms with Gasteiger partial charge in [0.15, 0.2) is 0 Å². The molecule has 1 aromatic heterocycles. The van der Waals surface area contributed by atoms with Crippen molar-refractivity contribution in [3.8, 4) is 0 Å². The standard InChI is InChI=1S/C20H31N3O3/c1-7-14(2)23(19(25)26-20(4,5)6)18-11-10-16(13-21-18)17-9-8-12-22(17)15(3)24/h10-11,13-14,17H,7-9,12H2,1-6H3/t14-,17+/m1/s1. The number of aromatic nitrogens is 1. The Labute approximate surface area is 156 Å². The summed E-state index contributed by atoms with van der Waals surface area (Å²) >= 11 is 0. The van der Waals surface area contributed by atoms with Crippen LogP contribution in [0.25, 0.3) is 0 Å². The summed E-state index contributed by atoms with van der Waals surface area (Å²) in [7, 11) is 0. The summed E-state index contributed by atoms with van der Waals surface area (Å²) in [4.78, 5) is 32.5. The van der Waals surface area contributed by atoms with E-state index in [4.69, 9.17) is 4.74 Å². The summed E-state index contributed by atoms with van der Waals surface area (Å²) in [6.07, 6.45) is 4.13. The normalized spacial score (nSPS) is 18.5. The highest BCUT2D eigenvalue weighted by atomic mass is 16.6. The fraction of sp³-hybridized carbons (Fsp3) is 0.650. The Morgan fingerprint density at radius 1 is 1.38 bits per heavy atom. The second-order valence-electron chi connectivity index (χ2n) is 7.93. The number of nitrogens with zero attached hydrogens (tertiary/aromatic N) is 3. The quantitative estimate of drug-likeness (QED) is 0.802. The smallest absolute Gasteiger partial charge is 0.416 e. The molecule has 2 rings (SSSR count). The molecule has 0 spiro atoms. The zero-order chi connectivity index (χ0) is 19.5. The molecule has 2 amide bonds. The van der Waals surface area contributed by atoms with Crippen molar-refractivity contribution >= 4 is 17.8 Å². The van der Waals surface area contributed by atoms with Gasteiger partial charge in [0, 0.05) is 25.7 Å². The largest absolute Gasteiger partial charge is 0.443 e. The minimum atomic E-state index is -0.561. The molecule has 0 unspecified atom stereocenters. The van der Waals surface area contributed by atoms with Gasteiger partial charge in [0.1, 0.15) is 11.4 Å². The van der Waals surface area contributed by atoms with Crippen molar-refractivity contribution < 1.29 is 14.3 Å². The van der Waals surface area contributed by atoms with Crippen LogP contribution in [0.4, 0.5) is 10.6 Å². The van der Waals surface area contributed by atoms with Crippen LogP contribution in [0.5, 0.6) is 0 Å². The number of carbonyl (C=O) groups is 2. The lowest BCUT2D eigenvalue weighted by atomic mass is 10.1. The number of likely N-dealkylation sites (tertiary alicyclic amines) is 1. The van der Waals surface area contributed by atoms with E-state index in [0.717, 1.165) is 31.4 Å². The average Bonchev–Trinajstić information content (AvgIpc) is 3.03. The summed E-state index contributed by atoms with van der Waals surface area (Å²) in [5, 5.41) is 0. The highest BCUT2D eigenvalue weighted by Gasteiger charge is 2.30. The number of carbonyl (C=O) groups excluding carboxylic acids is 2. The fourth-order valence-electron chi connectivity index (χ4n) is 3.22. The van der Waals surface area contributed by atoms with E-state index in [1.165, 1.54) is 0 Å². The number of pyridine rings is 1. The topological polar surface area (TPSA) is 62.7 Å². The van der Waals surface area contributed by atoms with Crippen LogP contribution in [0.1, 0.15) is 72.4 Å². The third-order valence-electron chi connectivity index (χ3n) is 4.68. The van der Waals surface area contributed by atoms with Gasteiger partial charge in [-0.25, -0.2) is 9.78 Å². The van der Waals surface area contributed by atoms with E-state index in [9.17, 15) is 9.59 Å². The maximum atomic E-state index is 12.7. The lowest BCUT2D eigenvalue weighted by Crippen LogP contribution is -2.42. The van der Waals surface area contributed by atoms with Crippen LogP contribution in [-0.4, -0.2) is 40.1 Å². The van der Waals surface area contributed by atoms with Crippen LogP contribution in [0.2, 0.25) is 0 Å². The third kappa shape index (κ3) is 4.74. The predicted octanol–water partition coefficient (Wildman–Crippen LogP) is 4.31. The van der Waals surface area contributed by atoms with Gasteiger partial charge in [-0.3, -0.25) is 9.69 Å². The molecule has 0 aromatic carbocycles. The molecule has 1 saturated heterocycles. The SMILES string of the molecule is CC[C@@H](C)N(C(=O)OC(C)(C)C)c1ccc([C@@H]2CCCN2C(C)=O)cn1. The van der Waals surface area contributed by atoms with Gasteiger partial charge in [-0.15, -0.1) is 0 Å². The van der Waals surface area contributed by atoms with E-state index >= 15 is 0 Å². The average molecular weight is 361 g/mol. The molecule has 1 fully saturated rings. The third-order valence-corrected chi connectivity index (χ3v) is 4.68. The van der Waals surface area contributed by atoms with Crippen LogP contribution in [0.15, 0.2) is 18.3 Å². The number of rotatable bonds is 4. The number of hydrogen-bond acceptors (Lipinski definition) is 4. The first-order chi connectivity index (χ1) is 12.1. The first-order valence-electron chi connectivity index (χ1n) is 9.39. The summed E-state index contributed by atoms with van der Waals surface area (Å²) in [5.74, 6) is 0.663. The van der Waals surface area contributed by atoms with Gasteiger partial charge < -0.3 is 9.64 Å². The molecule has 0 saturated carbocycles. The number of anilines is 1. The van der Waals surface area contributed by atoms with Crippen molar-refractivity contribution in [3.63, 3.8) is 0 Å². The van der Waals surface area contributed by atoms with E-state index < -0.39 is 11.7 Å². The minimum Gasteiger partial charge on any atom is -0.443 e. The van der Waals surface area contributed by atoms with Gasteiger partial charge in [-0.05, 0) is 58.6 Å². The molecular formula is C20H31N3O3. The molecule has 2 heterocycles. The molecule has 0 N–H and O–H groups in total. The van der Waals surface area contributed by atoms with Crippen LogP contribution in [0.3, 0.4) is 0 Å². The summed E-state index contributed by atoms with van der Waals surface area (Å²) < 4.78 is 5.55. The molecule has 2 atom stereocenters. The van der Waals surface area contributed by atoms with Crippen molar-refractivity contribution in [2.24, 2.45) is 0 Å². The molecule has 0 bridgehead atoms. The van der Waals surface area contributed by atoms with E-state index in [1.54, 1.807) is 18.0 Å². The number of amides is 2. The Balaban J connectivity index is 2.24. The molecule has 6 heteroatoms. The molecule has 26 heavy (non-hydrogen) atoms. The lowest BCUT2D eigenvalue weighted by Gasteiger charge is -2.31. The number of hydrogen-bond donors (Lipinski definition) is 0. The molecule has 1 aliphatic heterocycles. The van der Waals surface area contributed by atoms with Crippen molar-refractivity contribution in [1.82, 2.24) is 9.88 Å². The van der Waals surface area contributed by atoms with Crippen LogP contribution in [0, 0.1) is 0 Å². The maximum absolute atomic E-state index is 12.7. The Morgan fingerprint density at radius 2 is 2.08 bits per heavy atom. The Kier molecular flexibility index (Phi) is 6.26. The minimum absolute atomic E-state index is 0.0246. The van der Waals surface area contributed by atoms with Crippen molar-refractivity contribution in [2.75, 3.05) is 11.4 Å². The first-order valence-corrected chi connectivity index (χ1v) is 9.39. The molecule has 1 aliphatic rings. The molecule has 1 aromatic rings. The van der Waals surface area contributed by atoms with Gasteiger partial charge in [-0.2, -0.15) is 0 Å². The first kappa shape index (κ1) is 20.2. The van der Waals surface area contributed by atoms with Gasteiger partial charge in [-0.1, -0.05) is 13.0 Å². The summed E-state index contributed by atoms with van der Waals surface area (Å²) in [6.45, 7) is 12.0. The van der Waals surface area contributed by atoms with Gasteiger partial charge >= 0.3 is 6.09 Å². The maximum Gasteiger partial charge on any atom is 0.416 e. The zero-order valence-electron chi connectivity index (χ0n) is 16.8. The van der Waals surface area contributed by atoms with Crippen molar-refractivity contribution in [1.29, 1.82) is 0 Å². The Hall–Kier alpha value is -2.11. The van der Waals surface area contributed by atoms with Gasteiger partial charge in [0.25, 0.3) is 0 Å². The van der Waals surface area contributed by atoms with Crippen molar-refractivity contribution in [3.05, 3.63) is 23.9 Å². The van der Waals surface area contributed by atoms with E-state index in [2.05, 4.69) is 4.98 Å². The predicted molar refractivity (Wildman–Crippen MR) is 102 cm³/mol. The summed E-state index contributed by atoms with van der Waals surface area (Å²) in [5.41, 5.74) is 0.448. The van der Waals surface area contributed by atoms with Gasteiger partial charge in [0.2, 0.25) is 5.91 Å². The number of ether oxygens (including phenoxy) is 1. The van der Waals surface area contributed by atoms with Crippen LogP contribution < -0.4 is 4.90 Å². The Bertz CT molecular complexity index is 637. The molecule has 6 nitrogen and oxygen atoms in total. The van der Waals surface area contributed by atoms with E-state index in [0.29, 0.717) is 5.82 Å². The van der Waals surface area contributed by atoms with E-state index in [1.807, 2.05) is 51.7 Å². The zero-order valence-corrected chi connectivity index (χ0v) is 16.8. The van der Waals surface area contributed by atoms with Crippen molar-refractivity contribution in [2.45, 2.75) is 78.5 Å². The van der Waals surface area contributed by atoms with Gasteiger partial charge in [0.05, 0.1) is 6.04 Å². The van der Waals surface area contributed by atoms with E-state index in [-0.39, 0.29) is 18.0 Å². The molecule has 0 aliphatic carbocycles. The Morgan fingerprint density at radius 3 is 2.58 bits per heavy atom. The lowest BCUT2D eigenvalue weighted by molar-refractivity contribution is -0.129.